The van der Waals surface area contributed by atoms with E-state index >= 15 is 0 Å². The molecule has 0 aliphatic heterocycles. The highest BCUT2D eigenvalue weighted by Crippen LogP contribution is 2.36. The molecular weight excluding hydrogens is 278 g/mol. The lowest BCUT2D eigenvalue weighted by atomic mass is 9.73. The Kier molecular flexibility index (Phi) is 6.85. The first kappa shape index (κ1) is 17.4. The Morgan fingerprint density at radius 2 is 1.77 bits per heavy atom. The van der Waals surface area contributed by atoms with Gasteiger partial charge in [0.2, 0.25) is 0 Å². The first-order valence-electron chi connectivity index (χ1n) is 9.04. The third kappa shape index (κ3) is 5.07. The highest BCUT2D eigenvalue weighted by Gasteiger charge is 2.25. The van der Waals surface area contributed by atoms with Gasteiger partial charge < -0.3 is 0 Å². The molecule has 0 nitrogen and oxygen atoms in total. The maximum Gasteiger partial charge on any atom is 0.159 e. The summed E-state index contributed by atoms with van der Waals surface area (Å²) in [7, 11) is 0. The Labute approximate surface area is 134 Å². The van der Waals surface area contributed by atoms with Gasteiger partial charge in [0.25, 0.3) is 0 Å². The van der Waals surface area contributed by atoms with Crippen LogP contribution in [0.2, 0.25) is 0 Å². The molecule has 0 saturated heterocycles. The van der Waals surface area contributed by atoms with Crippen molar-refractivity contribution in [1.82, 2.24) is 0 Å². The Bertz CT molecular complexity index is 447. The third-order valence-corrected chi connectivity index (χ3v) is 5.45. The van der Waals surface area contributed by atoms with Crippen molar-refractivity contribution in [3.63, 3.8) is 0 Å². The SMILES string of the molecule is CCCCCC1CCC(C(C)Cc2ccc(F)c(F)c2)CC1. The number of rotatable bonds is 7. The molecule has 0 radical (unpaired) electrons. The molecule has 0 N–H and O–H groups in total. The Balaban J connectivity index is 1.77. The average Bonchev–Trinajstić information content (AvgIpc) is 2.52. The van der Waals surface area contributed by atoms with Gasteiger partial charge in [0.15, 0.2) is 11.6 Å². The third-order valence-electron chi connectivity index (χ3n) is 5.45. The predicted molar refractivity (Wildman–Crippen MR) is 88.8 cm³/mol. The molecule has 1 aliphatic carbocycles. The molecule has 1 aromatic carbocycles. The summed E-state index contributed by atoms with van der Waals surface area (Å²) in [6.07, 6.45) is 11.7. The molecule has 1 aromatic rings. The highest BCUT2D eigenvalue weighted by molar-refractivity contribution is 5.18. The van der Waals surface area contributed by atoms with Crippen molar-refractivity contribution < 1.29 is 8.78 Å². The van der Waals surface area contributed by atoms with Crippen LogP contribution in [0.5, 0.6) is 0 Å². The van der Waals surface area contributed by atoms with Crippen LogP contribution in [0.25, 0.3) is 0 Å². The second-order valence-corrected chi connectivity index (χ2v) is 7.21. The fourth-order valence-corrected chi connectivity index (χ4v) is 3.93. The van der Waals surface area contributed by atoms with Gasteiger partial charge in [-0.3, -0.25) is 0 Å². The lowest BCUT2D eigenvalue weighted by molar-refractivity contribution is 0.204. The van der Waals surface area contributed by atoms with Crippen LogP contribution in [0, 0.1) is 29.4 Å². The van der Waals surface area contributed by atoms with Crippen LogP contribution in [-0.4, -0.2) is 0 Å². The summed E-state index contributed by atoms with van der Waals surface area (Å²) < 4.78 is 26.3. The molecule has 22 heavy (non-hydrogen) atoms. The van der Waals surface area contributed by atoms with E-state index in [0.717, 1.165) is 23.8 Å². The molecular formula is C20H30F2. The van der Waals surface area contributed by atoms with Gasteiger partial charge in [0.05, 0.1) is 0 Å². The zero-order chi connectivity index (χ0) is 15.9. The summed E-state index contributed by atoms with van der Waals surface area (Å²) in [6, 6.07) is 4.34. The molecule has 1 atom stereocenters. The second kappa shape index (κ2) is 8.64. The molecule has 0 bridgehead atoms. The van der Waals surface area contributed by atoms with Crippen molar-refractivity contribution in [2.45, 2.75) is 71.6 Å². The minimum atomic E-state index is -0.746. The molecule has 1 unspecified atom stereocenters. The van der Waals surface area contributed by atoms with Gasteiger partial charge in [-0.05, 0) is 54.7 Å². The first-order chi connectivity index (χ1) is 10.6. The van der Waals surface area contributed by atoms with Crippen LogP contribution in [-0.2, 0) is 6.42 Å². The van der Waals surface area contributed by atoms with E-state index in [2.05, 4.69) is 13.8 Å². The van der Waals surface area contributed by atoms with Crippen LogP contribution in [0.4, 0.5) is 8.78 Å². The molecule has 124 valence electrons. The summed E-state index contributed by atoms with van der Waals surface area (Å²) in [5, 5.41) is 0. The van der Waals surface area contributed by atoms with E-state index in [4.69, 9.17) is 0 Å². The number of hydrogen-bond donors (Lipinski definition) is 0. The Hall–Kier alpha value is -0.920. The predicted octanol–water partition coefficient (Wildman–Crippen LogP) is 6.53. The largest absolute Gasteiger partial charge is 0.204 e. The smallest absolute Gasteiger partial charge is 0.159 e. The lowest BCUT2D eigenvalue weighted by Gasteiger charge is -2.32. The topological polar surface area (TPSA) is 0 Å². The van der Waals surface area contributed by atoms with Crippen LogP contribution in [0.3, 0.4) is 0 Å². The molecule has 2 rings (SSSR count). The molecule has 0 spiro atoms. The van der Waals surface area contributed by atoms with Gasteiger partial charge in [-0.15, -0.1) is 0 Å². The van der Waals surface area contributed by atoms with Crippen molar-refractivity contribution in [2.24, 2.45) is 17.8 Å². The fraction of sp³-hybridized carbons (Fsp3) is 0.700. The summed E-state index contributed by atoms with van der Waals surface area (Å²) in [5.41, 5.74) is 0.927. The average molecular weight is 308 g/mol. The van der Waals surface area contributed by atoms with E-state index in [9.17, 15) is 8.78 Å². The Morgan fingerprint density at radius 3 is 2.41 bits per heavy atom. The maximum atomic E-state index is 13.3. The summed E-state index contributed by atoms with van der Waals surface area (Å²) in [6.45, 7) is 4.53. The van der Waals surface area contributed by atoms with Gasteiger partial charge in [-0.2, -0.15) is 0 Å². The molecule has 1 fully saturated rings. The van der Waals surface area contributed by atoms with Crippen molar-refractivity contribution >= 4 is 0 Å². The van der Waals surface area contributed by atoms with Gasteiger partial charge in [0, 0.05) is 0 Å². The van der Waals surface area contributed by atoms with E-state index in [0.29, 0.717) is 5.92 Å². The molecule has 0 aromatic heterocycles. The van der Waals surface area contributed by atoms with E-state index in [1.54, 1.807) is 6.07 Å². The van der Waals surface area contributed by atoms with Gasteiger partial charge in [-0.25, -0.2) is 8.78 Å². The highest BCUT2D eigenvalue weighted by atomic mass is 19.2. The normalized spacial score (nSPS) is 23.5. The van der Waals surface area contributed by atoms with E-state index in [-0.39, 0.29) is 0 Å². The van der Waals surface area contributed by atoms with E-state index < -0.39 is 11.6 Å². The fourth-order valence-electron chi connectivity index (χ4n) is 3.93. The maximum absolute atomic E-state index is 13.3. The summed E-state index contributed by atoms with van der Waals surface area (Å²) in [5.74, 6) is 0.767. The minimum absolute atomic E-state index is 0.557. The van der Waals surface area contributed by atoms with Crippen LogP contribution < -0.4 is 0 Å². The van der Waals surface area contributed by atoms with Crippen molar-refractivity contribution in [3.05, 3.63) is 35.4 Å². The van der Waals surface area contributed by atoms with E-state index in [1.807, 2.05) is 0 Å². The van der Waals surface area contributed by atoms with E-state index in [1.165, 1.54) is 63.5 Å². The number of halogens is 2. The number of unbranched alkanes of at least 4 members (excludes halogenated alkanes) is 2. The van der Waals surface area contributed by atoms with Crippen molar-refractivity contribution in [1.29, 1.82) is 0 Å². The van der Waals surface area contributed by atoms with Crippen LogP contribution in [0.15, 0.2) is 18.2 Å². The van der Waals surface area contributed by atoms with Gasteiger partial charge >= 0.3 is 0 Å². The monoisotopic (exact) mass is 308 g/mol. The Morgan fingerprint density at radius 1 is 1.05 bits per heavy atom. The molecule has 0 heterocycles. The van der Waals surface area contributed by atoms with Gasteiger partial charge in [-0.1, -0.05) is 58.4 Å². The van der Waals surface area contributed by atoms with Crippen LogP contribution >= 0.6 is 0 Å². The second-order valence-electron chi connectivity index (χ2n) is 7.21. The minimum Gasteiger partial charge on any atom is -0.204 e. The molecule has 2 heteroatoms. The van der Waals surface area contributed by atoms with Gasteiger partial charge in [0.1, 0.15) is 0 Å². The summed E-state index contributed by atoms with van der Waals surface area (Å²) in [4.78, 5) is 0. The molecule has 0 amide bonds. The zero-order valence-corrected chi connectivity index (χ0v) is 14.1. The van der Waals surface area contributed by atoms with Crippen molar-refractivity contribution in [2.75, 3.05) is 0 Å². The number of benzene rings is 1. The zero-order valence-electron chi connectivity index (χ0n) is 14.1. The van der Waals surface area contributed by atoms with Crippen molar-refractivity contribution in [3.8, 4) is 0 Å². The number of hydrogen-bond acceptors (Lipinski definition) is 0. The standard InChI is InChI=1S/C20H30F2/c1-3-4-5-6-16-7-10-18(11-8-16)15(2)13-17-9-12-19(21)20(22)14-17/h9,12,14-16,18H,3-8,10-11,13H2,1-2H3. The molecule has 1 saturated carbocycles. The molecule has 1 aliphatic rings. The quantitative estimate of drug-likeness (QED) is 0.502. The lowest BCUT2D eigenvalue weighted by Crippen LogP contribution is -2.21. The van der Waals surface area contributed by atoms with Crippen LogP contribution in [0.1, 0.15) is 70.8 Å². The summed E-state index contributed by atoms with van der Waals surface area (Å²) >= 11 is 0. The first-order valence-corrected chi connectivity index (χ1v) is 9.04.